The molecule has 0 spiro atoms. The molecule has 1 aliphatic carbocycles. The van der Waals surface area contributed by atoms with Gasteiger partial charge in [0.1, 0.15) is 0 Å². The number of carbonyl (C=O) groups excluding carboxylic acids is 3. The maximum absolute atomic E-state index is 12.9. The predicted molar refractivity (Wildman–Crippen MR) is 110 cm³/mol. The molecular weight excluding hydrogens is 423 g/mol. The van der Waals surface area contributed by atoms with Gasteiger partial charge in [0.2, 0.25) is 0 Å². The number of rotatable bonds is 3. The van der Waals surface area contributed by atoms with Gasteiger partial charge in [-0.05, 0) is 42.8 Å². The number of ether oxygens (including phenoxy) is 1. The Morgan fingerprint density at radius 1 is 1.25 bits per heavy atom. The highest BCUT2D eigenvalue weighted by atomic mass is 35.5. The van der Waals surface area contributed by atoms with Crippen LogP contribution in [0.15, 0.2) is 34.2 Å². The van der Waals surface area contributed by atoms with E-state index in [0.29, 0.717) is 5.02 Å². The van der Waals surface area contributed by atoms with Gasteiger partial charge >= 0.3 is 5.97 Å². The number of amidine groups is 1. The number of esters is 1. The number of amides is 2. The van der Waals surface area contributed by atoms with Crippen LogP contribution in [0.25, 0.3) is 0 Å². The molecule has 1 saturated carbocycles. The number of hydrogen-bond acceptors (Lipinski definition) is 5. The van der Waals surface area contributed by atoms with Crippen molar-refractivity contribution in [2.75, 3.05) is 7.11 Å². The highest BCUT2D eigenvalue weighted by molar-refractivity contribution is 8.18. The molecule has 0 N–H and O–H groups in total. The van der Waals surface area contributed by atoms with Crippen LogP contribution < -0.4 is 0 Å². The highest BCUT2D eigenvalue weighted by Crippen LogP contribution is 2.36. The molecule has 0 unspecified atom stereocenters. The largest absolute Gasteiger partial charge is 0.466 e. The fourth-order valence-corrected chi connectivity index (χ4v) is 4.69. The van der Waals surface area contributed by atoms with Crippen molar-refractivity contribution in [2.45, 2.75) is 38.1 Å². The van der Waals surface area contributed by atoms with Gasteiger partial charge in [-0.1, -0.05) is 42.5 Å². The number of carbonyl (C=O) groups is 3. The summed E-state index contributed by atoms with van der Waals surface area (Å²) in [5, 5.41) is 0.848. The maximum atomic E-state index is 12.9. The second kappa shape index (κ2) is 9.11. The summed E-state index contributed by atoms with van der Waals surface area (Å²) in [5.41, 5.74) is 0.195. The van der Waals surface area contributed by atoms with Gasteiger partial charge in [0.25, 0.3) is 11.8 Å². The lowest BCUT2D eigenvalue weighted by Gasteiger charge is -2.30. The van der Waals surface area contributed by atoms with E-state index in [9.17, 15) is 14.4 Å². The van der Waals surface area contributed by atoms with E-state index in [1.165, 1.54) is 24.1 Å². The lowest BCUT2D eigenvalue weighted by molar-refractivity contribution is -0.135. The first-order chi connectivity index (χ1) is 13.4. The van der Waals surface area contributed by atoms with Gasteiger partial charge in [-0.25, -0.2) is 4.79 Å². The Morgan fingerprint density at radius 3 is 2.61 bits per heavy atom. The van der Waals surface area contributed by atoms with Crippen molar-refractivity contribution in [1.29, 1.82) is 0 Å². The fraction of sp³-hybridized carbons (Fsp3) is 0.368. The standard InChI is InChI=1S/C19H18Cl2N2O4S/c1-27-16(24)10-15-18(26)23(12-5-3-2-4-6-12)19(28-15)22-17(25)13-8-7-11(20)9-14(13)21/h7-10,12H,2-6H2,1H3. The second-order valence-corrected chi connectivity index (χ2v) is 8.28. The van der Waals surface area contributed by atoms with Gasteiger partial charge in [-0.2, -0.15) is 4.99 Å². The Balaban J connectivity index is 1.95. The van der Waals surface area contributed by atoms with Crippen molar-refractivity contribution in [1.82, 2.24) is 4.90 Å². The molecular formula is C19H18Cl2N2O4S. The van der Waals surface area contributed by atoms with Crippen LogP contribution >= 0.6 is 35.0 Å². The third-order valence-corrected chi connectivity index (χ3v) is 6.12. The van der Waals surface area contributed by atoms with Crippen LogP contribution in [0.3, 0.4) is 0 Å². The second-order valence-electron chi connectivity index (χ2n) is 6.42. The van der Waals surface area contributed by atoms with Crippen LogP contribution in [0.5, 0.6) is 0 Å². The van der Waals surface area contributed by atoms with E-state index in [-0.39, 0.29) is 32.6 Å². The maximum Gasteiger partial charge on any atom is 0.331 e. The molecule has 28 heavy (non-hydrogen) atoms. The molecule has 0 bridgehead atoms. The SMILES string of the molecule is COC(=O)C=C1SC(=NC(=O)c2ccc(Cl)cc2Cl)N(C2CCCCC2)C1=O. The molecule has 1 aromatic carbocycles. The molecule has 1 aliphatic heterocycles. The molecule has 2 fully saturated rings. The normalized spacial score (nSPS) is 20.8. The van der Waals surface area contributed by atoms with Gasteiger partial charge in [-0.15, -0.1) is 0 Å². The van der Waals surface area contributed by atoms with E-state index < -0.39 is 11.9 Å². The lowest BCUT2D eigenvalue weighted by atomic mass is 9.94. The highest BCUT2D eigenvalue weighted by Gasteiger charge is 2.39. The molecule has 1 saturated heterocycles. The Kier molecular flexibility index (Phi) is 6.80. The Morgan fingerprint density at radius 2 is 1.96 bits per heavy atom. The number of benzene rings is 1. The zero-order valence-electron chi connectivity index (χ0n) is 15.1. The quantitative estimate of drug-likeness (QED) is 0.512. The topological polar surface area (TPSA) is 76.0 Å². The van der Waals surface area contributed by atoms with Crippen LogP contribution in [-0.2, 0) is 14.3 Å². The van der Waals surface area contributed by atoms with Gasteiger partial charge in [0.15, 0.2) is 5.17 Å². The van der Waals surface area contributed by atoms with Crippen LogP contribution in [-0.4, -0.2) is 41.0 Å². The van der Waals surface area contributed by atoms with Crippen LogP contribution in [0.4, 0.5) is 0 Å². The summed E-state index contributed by atoms with van der Waals surface area (Å²) in [7, 11) is 1.24. The zero-order chi connectivity index (χ0) is 20.3. The van der Waals surface area contributed by atoms with Gasteiger partial charge < -0.3 is 4.74 Å². The third kappa shape index (κ3) is 4.59. The van der Waals surface area contributed by atoms with E-state index in [0.717, 1.165) is 49.9 Å². The number of halogens is 2. The first-order valence-corrected chi connectivity index (χ1v) is 10.4. The van der Waals surface area contributed by atoms with Crippen molar-refractivity contribution in [2.24, 2.45) is 4.99 Å². The summed E-state index contributed by atoms with van der Waals surface area (Å²) in [5.74, 6) is -1.54. The zero-order valence-corrected chi connectivity index (χ0v) is 17.4. The van der Waals surface area contributed by atoms with E-state index in [4.69, 9.17) is 23.2 Å². The molecule has 2 aliphatic rings. The molecule has 0 aromatic heterocycles. The monoisotopic (exact) mass is 440 g/mol. The average molecular weight is 441 g/mol. The third-order valence-electron chi connectivity index (χ3n) is 4.59. The first kappa shape index (κ1) is 20.9. The predicted octanol–water partition coefficient (Wildman–Crippen LogP) is 4.45. The van der Waals surface area contributed by atoms with Gasteiger partial charge in [-0.3, -0.25) is 14.5 Å². The van der Waals surface area contributed by atoms with Crippen molar-refractivity contribution in [3.05, 3.63) is 44.8 Å². The summed E-state index contributed by atoms with van der Waals surface area (Å²) in [6.07, 6.45) is 5.89. The van der Waals surface area contributed by atoms with Crippen LogP contribution in [0.1, 0.15) is 42.5 Å². The van der Waals surface area contributed by atoms with Crippen molar-refractivity contribution >= 4 is 57.9 Å². The minimum Gasteiger partial charge on any atom is -0.466 e. The number of methoxy groups -OCH3 is 1. The summed E-state index contributed by atoms with van der Waals surface area (Å²) >= 11 is 13.0. The number of thioether (sulfide) groups is 1. The average Bonchev–Trinajstić information content (AvgIpc) is 2.97. The van der Waals surface area contributed by atoms with Gasteiger partial charge in [0.05, 0.1) is 22.6 Å². The summed E-state index contributed by atoms with van der Waals surface area (Å²) in [6, 6.07) is 4.46. The first-order valence-electron chi connectivity index (χ1n) is 8.80. The van der Waals surface area contributed by atoms with Crippen LogP contribution in [0, 0.1) is 0 Å². The molecule has 6 nitrogen and oxygen atoms in total. The number of nitrogens with zero attached hydrogens (tertiary/aromatic N) is 2. The smallest absolute Gasteiger partial charge is 0.331 e. The minimum atomic E-state index is -0.632. The Hall–Kier alpha value is -1.83. The molecule has 9 heteroatoms. The fourth-order valence-electron chi connectivity index (χ4n) is 3.20. The Bertz CT molecular complexity index is 879. The van der Waals surface area contributed by atoms with Crippen molar-refractivity contribution < 1.29 is 19.1 Å². The molecule has 1 aromatic rings. The van der Waals surface area contributed by atoms with Crippen molar-refractivity contribution in [3.8, 4) is 0 Å². The van der Waals surface area contributed by atoms with E-state index in [2.05, 4.69) is 9.73 Å². The number of aliphatic imine (C=N–C) groups is 1. The van der Waals surface area contributed by atoms with Crippen molar-refractivity contribution in [3.63, 3.8) is 0 Å². The molecule has 148 valence electrons. The van der Waals surface area contributed by atoms with E-state index in [1.807, 2.05) is 0 Å². The van der Waals surface area contributed by atoms with E-state index >= 15 is 0 Å². The lowest BCUT2D eigenvalue weighted by Crippen LogP contribution is -2.40. The molecule has 2 amide bonds. The molecule has 1 heterocycles. The summed E-state index contributed by atoms with van der Waals surface area (Å²) in [6.45, 7) is 0. The summed E-state index contributed by atoms with van der Waals surface area (Å²) < 4.78 is 4.62. The Labute approximate surface area is 176 Å². The van der Waals surface area contributed by atoms with E-state index in [1.54, 1.807) is 6.07 Å². The minimum absolute atomic E-state index is 0.0514. The number of hydrogen-bond donors (Lipinski definition) is 0. The van der Waals surface area contributed by atoms with Crippen LogP contribution in [0.2, 0.25) is 10.0 Å². The van der Waals surface area contributed by atoms with Gasteiger partial charge in [0, 0.05) is 17.1 Å². The molecule has 3 rings (SSSR count). The summed E-state index contributed by atoms with van der Waals surface area (Å²) in [4.78, 5) is 43.0. The molecule has 0 radical (unpaired) electrons. The molecule has 0 atom stereocenters.